The first-order valence-electron chi connectivity index (χ1n) is 7.10. The predicted octanol–water partition coefficient (Wildman–Crippen LogP) is 1.90. The largest absolute Gasteiger partial charge is 0.475 e. The zero-order valence-electron chi connectivity index (χ0n) is 12.6. The van der Waals surface area contributed by atoms with Crippen molar-refractivity contribution < 1.29 is 14.2 Å². The van der Waals surface area contributed by atoms with E-state index in [9.17, 15) is 0 Å². The first-order valence-corrected chi connectivity index (χ1v) is 7.10. The van der Waals surface area contributed by atoms with Gasteiger partial charge >= 0.3 is 0 Å². The Labute approximate surface area is 120 Å². The van der Waals surface area contributed by atoms with Gasteiger partial charge in [0.2, 0.25) is 5.88 Å². The van der Waals surface area contributed by atoms with Gasteiger partial charge in [-0.05, 0) is 19.8 Å². The van der Waals surface area contributed by atoms with Crippen LogP contribution in [-0.2, 0) is 15.9 Å². The predicted molar refractivity (Wildman–Crippen MR) is 78.4 cm³/mol. The standard InChI is InChI=1S/C14H25N3O3/c1-4-12-13(15-5-2)16-11-17-14(12)20-10-9-19-8-6-7-18-3/h11H,4-10H2,1-3H3,(H,15,16,17). The molecule has 0 radical (unpaired) electrons. The summed E-state index contributed by atoms with van der Waals surface area (Å²) in [5.74, 6) is 1.49. The minimum absolute atomic E-state index is 0.489. The number of methoxy groups -OCH3 is 1. The molecule has 0 saturated heterocycles. The molecule has 0 aliphatic carbocycles. The Morgan fingerprint density at radius 2 is 1.95 bits per heavy atom. The molecule has 0 amide bonds. The zero-order valence-corrected chi connectivity index (χ0v) is 12.6. The summed E-state index contributed by atoms with van der Waals surface area (Å²) < 4.78 is 16.1. The van der Waals surface area contributed by atoms with Crippen LogP contribution in [0.4, 0.5) is 5.82 Å². The van der Waals surface area contributed by atoms with Gasteiger partial charge in [-0.2, -0.15) is 0 Å². The van der Waals surface area contributed by atoms with E-state index in [-0.39, 0.29) is 0 Å². The second-order valence-electron chi connectivity index (χ2n) is 4.20. The normalized spacial score (nSPS) is 10.6. The van der Waals surface area contributed by atoms with E-state index >= 15 is 0 Å². The molecule has 0 aliphatic rings. The molecular formula is C14H25N3O3. The average molecular weight is 283 g/mol. The molecule has 0 atom stereocenters. The number of rotatable bonds is 11. The highest BCUT2D eigenvalue weighted by atomic mass is 16.5. The van der Waals surface area contributed by atoms with Gasteiger partial charge in [-0.15, -0.1) is 0 Å². The maximum atomic E-state index is 5.67. The number of aromatic nitrogens is 2. The fraction of sp³-hybridized carbons (Fsp3) is 0.714. The molecule has 1 aromatic heterocycles. The van der Waals surface area contributed by atoms with Crippen LogP contribution in [0.1, 0.15) is 25.8 Å². The number of anilines is 1. The molecule has 1 aromatic rings. The van der Waals surface area contributed by atoms with E-state index in [1.165, 1.54) is 6.33 Å². The lowest BCUT2D eigenvalue weighted by Crippen LogP contribution is -2.12. The summed E-state index contributed by atoms with van der Waals surface area (Å²) in [4.78, 5) is 8.42. The van der Waals surface area contributed by atoms with Gasteiger partial charge in [0.15, 0.2) is 0 Å². The Morgan fingerprint density at radius 1 is 1.10 bits per heavy atom. The van der Waals surface area contributed by atoms with Crippen molar-refractivity contribution in [1.29, 1.82) is 0 Å². The second-order valence-corrected chi connectivity index (χ2v) is 4.20. The molecule has 6 heteroatoms. The summed E-state index contributed by atoms with van der Waals surface area (Å²) in [5, 5.41) is 3.22. The summed E-state index contributed by atoms with van der Waals surface area (Å²) in [7, 11) is 1.69. The Balaban J connectivity index is 2.37. The van der Waals surface area contributed by atoms with Gasteiger partial charge in [-0.1, -0.05) is 6.92 Å². The van der Waals surface area contributed by atoms with Crippen LogP contribution in [-0.4, -0.2) is 50.1 Å². The third kappa shape index (κ3) is 5.71. The summed E-state index contributed by atoms with van der Waals surface area (Å²) in [6, 6.07) is 0. The van der Waals surface area contributed by atoms with Gasteiger partial charge in [0.1, 0.15) is 18.8 Å². The maximum Gasteiger partial charge on any atom is 0.221 e. The quantitative estimate of drug-likeness (QED) is 0.626. The molecule has 0 saturated carbocycles. The van der Waals surface area contributed by atoms with Crippen molar-refractivity contribution >= 4 is 5.82 Å². The first kappa shape index (κ1) is 16.7. The third-order valence-corrected chi connectivity index (χ3v) is 2.71. The molecule has 1 N–H and O–H groups in total. The van der Waals surface area contributed by atoms with Crippen molar-refractivity contribution in [1.82, 2.24) is 9.97 Å². The van der Waals surface area contributed by atoms with Crippen molar-refractivity contribution in [2.24, 2.45) is 0 Å². The summed E-state index contributed by atoms with van der Waals surface area (Å²) in [6.07, 6.45) is 3.24. The molecule has 114 valence electrons. The van der Waals surface area contributed by atoms with Gasteiger partial charge in [-0.3, -0.25) is 0 Å². The Morgan fingerprint density at radius 3 is 2.65 bits per heavy atom. The van der Waals surface area contributed by atoms with Gasteiger partial charge < -0.3 is 19.5 Å². The molecule has 0 spiro atoms. The molecule has 20 heavy (non-hydrogen) atoms. The van der Waals surface area contributed by atoms with Crippen LogP contribution in [0, 0.1) is 0 Å². The lowest BCUT2D eigenvalue weighted by molar-refractivity contribution is 0.0793. The van der Waals surface area contributed by atoms with Crippen LogP contribution in [0.2, 0.25) is 0 Å². The molecule has 6 nitrogen and oxygen atoms in total. The van der Waals surface area contributed by atoms with Crippen molar-refractivity contribution in [2.75, 3.05) is 45.4 Å². The second kappa shape index (κ2) is 10.4. The lowest BCUT2D eigenvalue weighted by Gasteiger charge is -2.13. The molecular weight excluding hydrogens is 258 g/mol. The minimum atomic E-state index is 0.489. The molecule has 0 bridgehead atoms. The first-order chi connectivity index (χ1) is 9.83. The monoisotopic (exact) mass is 283 g/mol. The fourth-order valence-electron chi connectivity index (χ4n) is 1.76. The summed E-state index contributed by atoms with van der Waals surface area (Å²) >= 11 is 0. The summed E-state index contributed by atoms with van der Waals surface area (Å²) in [6.45, 7) is 7.37. The number of nitrogens with one attached hydrogen (secondary N) is 1. The third-order valence-electron chi connectivity index (χ3n) is 2.71. The Kier molecular flexibility index (Phi) is 8.66. The van der Waals surface area contributed by atoms with Crippen LogP contribution in [0.5, 0.6) is 5.88 Å². The van der Waals surface area contributed by atoms with Gasteiger partial charge in [0.05, 0.1) is 12.2 Å². The van der Waals surface area contributed by atoms with Gasteiger partial charge in [0.25, 0.3) is 0 Å². The van der Waals surface area contributed by atoms with Gasteiger partial charge in [-0.25, -0.2) is 9.97 Å². The van der Waals surface area contributed by atoms with Crippen LogP contribution in [0.3, 0.4) is 0 Å². The number of ether oxygens (including phenoxy) is 3. The smallest absolute Gasteiger partial charge is 0.221 e. The SMILES string of the molecule is CCNc1ncnc(OCCOCCCOC)c1CC. The Bertz CT molecular complexity index is 375. The van der Waals surface area contributed by atoms with E-state index in [0.717, 1.165) is 37.4 Å². The molecule has 1 rings (SSSR count). The van der Waals surface area contributed by atoms with Crippen molar-refractivity contribution in [3.63, 3.8) is 0 Å². The zero-order chi connectivity index (χ0) is 14.6. The highest BCUT2D eigenvalue weighted by molar-refractivity contribution is 5.48. The van der Waals surface area contributed by atoms with Crippen molar-refractivity contribution in [2.45, 2.75) is 26.7 Å². The van der Waals surface area contributed by atoms with E-state index in [1.54, 1.807) is 7.11 Å². The van der Waals surface area contributed by atoms with E-state index in [2.05, 4.69) is 22.2 Å². The Hall–Kier alpha value is -1.40. The van der Waals surface area contributed by atoms with E-state index < -0.39 is 0 Å². The lowest BCUT2D eigenvalue weighted by atomic mass is 10.2. The average Bonchev–Trinajstić information content (AvgIpc) is 2.47. The highest BCUT2D eigenvalue weighted by Crippen LogP contribution is 2.22. The van der Waals surface area contributed by atoms with Gasteiger partial charge in [0, 0.05) is 26.9 Å². The van der Waals surface area contributed by atoms with Crippen LogP contribution < -0.4 is 10.1 Å². The fourth-order valence-corrected chi connectivity index (χ4v) is 1.76. The van der Waals surface area contributed by atoms with Crippen LogP contribution >= 0.6 is 0 Å². The number of hydrogen-bond donors (Lipinski definition) is 1. The highest BCUT2D eigenvalue weighted by Gasteiger charge is 2.10. The molecule has 0 unspecified atom stereocenters. The topological polar surface area (TPSA) is 65.5 Å². The number of hydrogen-bond acceptors (Lipinski definition) is 6. The maximum absolute atomic E-state index is 5.67. The molecule has 0 aromatic carbocycles. The van der Waals surface area contributed by atoms with E-state index in [1.807, 2.05) is 6.92 Å². The van der Waals surface area contributed by atoms with Crippen molar-refractivity contribution in [3.8, 4) is 5.88 Å². The minimum Gasteiger partial charge on any atom is -0.475 e. The van der Waals surface area contributed by atoms with E-state index in [4.69, 9.17) is 14.2 Å². The molecule has 0 fully saturated rings. The van der Waals surface area contributed by atoms with Crippen molar-refractivity contribution in [3.05, 3.63) is 11.9 Å². The van der Waals surface area contributed by atoms with Crippen LogP contribution in [0.15, 0.2) is 6.33 Å². The summed E-state index contributed by atoms with van der Waals surface area (Å²) in [5.41, 5.74) is 1.01. The molecule has 1 heterocycles. The number of nitrogens with zero attached hydrogens (tertiary/aromatic N) is 2. The molecule has 0 aliphatic heterocycles. The van der Waals surface area contributed by atoms with Crippen LogP contribution in [0.25, 0.3) is 0 Å². The van der Waals surface area contributed by atoms with E-state index in [0.29, 0.717) is 25.7 Å².